The monoisotopic (exact) mass is 314 g/mol. The van der Waals surface area contributed by atoms with E-state index in [9.17, 15) is 17.6 Å². The third-order valence-electron chi connectivity index (χ3n) is 2.04. The number of halogens is 5. The number of para-hydroxylation sites is 1. The molecule has 1 aromatic rings. The van der Waals surface area contributed by atoms with Crippen molar-refractivity contribution in [2.45, 2.75) is 24.3 Å². The molecule has 0 atom stereocenters. The minimum absolute atomic E-state index is 0.0200. The fraction of sp³-hybridized carbons (Fsp3) is 0.455. The van der Waals surface area contributed by atoms with Crippen molar-refractivity contribution in [1.29, 1.82) is 0 Å². The molecule has 0 aromatic heterocycles. The van der Waals surface area contributed by atoms with Gasteiger partial charge in [0, 0.05) is 17.3 Å². The zero-order chi connectivity index (χ0) is 12.9. The van der Waals surface area contributed by atoms with Gasteiger partial charge >= 0.3 is 6.18 Å². The SMILES string of the molecule is Fc1cccc(CBr)c1OCCCC(F)(F)F. The van der Waals surface area contributed by atoms with E-state index in [0.717, 1.165) is 0 Å². The lowest BCUT2D eigenvalue weighted by molar-refractivity contribution is -0.136. The third-order valence-corrected chi connectivity index (χ3v) is 2.65. The summed E-state index contributed by atoms with van der Waals surface area (Å²) < 4.78 is 54.0. The molecule has 96 valence electrons. The van der Waals surface area contributed by atoms with Crippen LogP contribution in [0.2, 0.25) is 0 Å². The average molecular weight is 315 g/mol. The first-order valence-electron chi connectivity index (χ1n) is 4.97. The van der Waals surface area contributed by atoms with Crippen molar-refractivity contribution in [3.63, 3.8) is 0 Å². The Kier molecular flexibility index (Phi) is 5.24. The Balaban J connectivity index is 2.52. The predicted molar refractivity (Wildman–Crippen MR) is 59.8 cm³/mol. The molecule has 0 unspecified atom stereocenters. The molecular weight excluding hydrogens is 304 g/mol. The van der Waals surface area contributed by atoms with Gasteiger partial charge in [-0.25, -0.2) is 4.39 Å². The number of alkyl halides is 4. The van der Waals surface area contributed by atoms with Crippen LogP contribution in [0.5, 0.6) is 5.75 Å². The first kappa shape index (κ1) is 14.3. The average Bonchev–Trinajstić information content (AvgIpc) is 2.24. The fourth-order valence-electron chi connectivity index (χ4n) is 1.27. The van der Waals surface area contributed by atoms with E-state index in [1.165, 1.54) is 12.1 Å². The molecule has 0 amide bonds. The molecule has 17 heavy (non-hydrogen) atoms. The van der Waals surface area contributed by atoms with Gasteiger partial charge in [0.2, 0.25) is 0 Å². The molecule has 0 aliphatic heterocycles. The molecule has 1 rings (SSSR count). The Morgan fingerprint density at radius 1 is 1.24 bits per heavy atom. The summed E-state index contributed by atoms with van der Waals surface area (Å²) in [5.74, 6) is -0.541. The maximum atomic E-state index is 13.3. The molecule has 0 saturated heterocycles. The lowest BCUT2D eigenvalue weighted by Gasteiger charge is -2.11. The van der Waals surface area contributed by atoms with E-state index >= 15 is 0 Å². The normalized spacial score (nSPS) is 11.6. The lowest BCUT2D eigenvalue weighted by atomic mass is 10.2. The van der Waals surface area contributed by atoms with Crippen molar-refractivity contribution in [2.75, 3.05) is 6.61 Å². The number of rotatable bonds is 5. The molecule has 0 saturated carbocycles. The van der Waals surface area contributed by atoms with Gasteiger partial charge in [-0.2, -0.15) is 13.2 Å². The van der Waals surface area contributed by atoms with Crippen LogP contribution in [0.1, 0.15) is 18.4 Å². The van der Waals surface area contributed by atoms with Gasteiger partial charge in [0.25, 0.3) is 0 Å². The summed E-state index contributed by atoms with van der Waals surface area (Å²) in [6.07, 6.45) is -5.30. The van der Waals surface area contributed by atoms with Crippen molar-refractivity contribution in [2.24, 2.45) is 0 Å². The quantitative estimate of drug-likeness (QED) is 0.443. The maximum Gasteiger partial charge on any atom is 0.389 e. The molecular formula is C11H11BrF4O. The van der Waals surface area contributed by atoms with E-state index < -0.39 is 18.4 Å². The zero-order valence-corrected chi connectivity index (χ0v) is 10.4. The summed E-state index contributed by atoms with van der Waals surface area (Å²) in [4.78, 5) is 0. The van der Waals surface area contributed by atoms with Crippen LogP contribution in [-0.4, -0.2) is 12.8 Å². The molecule has 0 spiro atoms. The van der Waals surface area contributed by atoms with E-state index in [4.69, 9.17) is 4.74 Å². The summed E-state index contributed by atoms with van der Waals surface area (Å²) in [6, 6.07) is 4.39. The van der Waals surface area contributed by atoms with Gasteiger partial charge in [0.15, 0.2) is 11.6 Å². The van der Waals surface area contributed by atoms with Crippen LogP contribution < -0.4 is 4.74 Å². The highest BCUT2D eigenvalue weighted by atomic mass is 79.9. The summed E-state index contributed by atoms with van der Waals surface area (Å²) >= 11 is 3.16. The highest BCUT2D eigenvalue weighted by molar-refractivity contribution is 9.08. The second-order valence-electron chi connectivity index (χ2n) is 3.43. The number of hydrogen-bond acceptors (Lipinski definition) is 1. The highest BCUT2D eigenvalue weighted by Crippen LogP contribution is 2.26. The van der Waals surface area contributed by atoms with E-state index in [-0.39, 0.29) is 18.8 Å². The smallest absolute Gasteiger partial charge is 0.389 e. The van der Waals surface area contributed by atoms with Gasteiger partial charge < -0.3 is 4.74 Å². The third kappa shape index (κ3) is 4.93. The summed E-state index contributed by atoms with van der Waals surface area (Å²) in [7, 11) is 0. The molecule has 0 radical (unpaired) electrons. The standard InChI is InChI=1S/C11H11BrF4O/c12-7-8-3-1-4-9(13)10(8)17-6-2-5-11(14,15)16/h1,3-4H,2,5-7H2. The first-order chi connectivity index (χ1) is 7.94. The summed E-state index contributed by atoms with van der Waals surface area (Å²) in [5, 5.41) is 0.388. The van der Waals surface area contributed by atoms with E-state index in [1.807, 2.05) is 0 Å². The summed E-state index contributed by atoms with van der Waals surface area (Å²) in [6.45, 7) is -0.152. The maximum absolute atomic E-state index is 13.3. The van der Waals surface area contributed by atoms with Crippen LogP contribution in [0, 0.1) is 5.82 Å². The van der Waals surface area contributed by atoms with Gasteiger partial charge in [0.05, 0.1) is 6.61 Å². The Hall–Kier alpha value is -0.780. The Morgan fingerprint density at radius 2 is 1.94 bits per heavy atom. The molecule has 0 bridgehead atoms. The predicted octanol–water partition coefficient (Wildman–Crippen LogP) is 4.44. The second kappa shape index (κ2) is 6.23. The van der Waals surface area contributed by atoms with E-state index in [1.54, 1.807) is 6.07 Å². The van der Waals surface area contributed by atoms with E-state index in [2.05, 4.69) is 15.9 Å². The Bertz CT molecular complexity index is 365. The van der Waals surface area contributed by atoms with Gasteiger partial charge in [-0.3, -0.25) is 0 Å². The van der Waals surface area contributed by atoms with Crippen LogP contribution in [0.3, 0.4) is 0 Å². The van der Waals surface area contributed by atoms with Crippen molar-refractivity contribution in [3.8, 4) is 5.75 Å². The molecule has 0 heterocycles. The molecule has 1 aromatic carbocycles. The van der Waals surface area contributed by atoms with Crippen LogP contribution in [0.25, 0.3) is 0 Å². The number of ether oxygens (including phenoxy) is 1. The molecule has 0 N–H and O–H groups in total. The van der Waals surface area contributed by atoms with Gasteiger partial charge in [-0.1, -0.05) is 28.1 Å². The van der Waals surface area contributed by atoms with Crippen LogP contribution >= 0.6 is 15.9 Å². The molecule has 0 fully saturated rings. The summed E-state index contributed by atoms with van der Waals surface area (Å²) in [5.41, 5.74) is 0.581. The molecule has 0 aliphatic carbocycles. The van der Waals surface area contributed by atoms with E-state index in [0.29, 0.717) is 10.9 Å². The van der Waals surface area contributed by atoms with Crippen molar-refractivity contribution in [3.05, 3.63) is 29.6 Å². The van der Waals surface area contributed by atoms with Crippen LogP contribution in [-0.2, 0) is 5.33 Å². The van der Waals surface area contributed by atoms with Crippen molar-refractivity contribution >= 4 is 15.9 Å². The van der Waals surface area contributed by atoms with Crippen molar-refractivity contribution in [1.82, 2.24) is 0 Å². The van der Waals surface area contributed by atoms with Crippen LogP contribution in [0.15, 0.2) is 18.2 Å². The first-order valence-corrected chi connectivity index (χ1v) is 6.09. The largest absolute Gasteiger partial charge is 0.490 e. The Labute approximate surface area is 105 Å². The molecule has 0 aliphatic rings. The minimum atomic E-state index is -4.20. The lowest BCUT2D eigenvalue weighted by Crippen LogP contribution is -2.10. The Morgan fingerprint density at radius 3 is 2.53 bits per heavy atom. The zero-order valence-electron chi connectivity index (χ0n) is 8.86. The number of hydrogen-bond donors (Lipinski definition) is 0. The van der Waals surface area contributed by atoms with Gasteiger partial charge in [-0.15, -0.1) is 0 Å². The highest BCUT2D eigenvalue weighted by Gasteiger charge is 2.26. The second-order valence-corrected chi connectivity index (χ2v) is 3.99. The number of benzene rings is 1. The fourth-order valence-corrected chi connectivity index (χ4v) is 1.71. The molecule has 6 heteroatoms. The molecule has 1 nitrogen and oxygen atoms in total. The van der Waals surface area contributed by atoms with Crippen LogP contribution in [0.4, 0.5) is 17.6 Å². The topological polar surface area (TPSA) is 9.23 Å². The van der Waals surface area contributed by atoms with Crippen molar-refractivity contribution < 1.29 is 22.3 Å². The van der Waals surface area contributed by atoms with Gasteiger partial charge in [0.1, 0.15) is 0 Å². The minimum Gasteiger partial charge on any atom is -0.490 e. The van der Waals surface area contributed by atoms with Gasteiger partial charge in [-0.05, 0) is 12.5 Å².